The standard InChI is InChI=1S/C21H19ClN2O2S2/c1-3-26-21(25)18-13(2)24-20(28-12-14-7-4-5-8-16(14)22)15(11-23)19(18)17-9-6-10-27-17/h4-10,19,24H,3,12H2,1-2H3/t19-/m0/s1. The number of esters is 1. The summed E-state index contributed by atoms with van der Waals surface area (Å²) in [7, 11) is 0. The van der Waals surface area contributed by atoms with Crippen LogP contribution in [-0.4, -0.2) is 12.6 Å². The van der Waals surface area contributed by atoms with Gasteiger partial charge in [0.2, 0.25) is 0 Å². The number of benzene rings is 1. The minimum atomic E-state index is -0.431. The van der Waals surface area contributed by atoms with Gasteiger partial charge in [-0.05, 0) is 36.9 Å². The predicted molar refractivity (Wildman–Crippen MR) is 115 cm³/mol. The summed E-state index contributed by atoms with van der Waals surface area (Å²) < 4.78 is 5.26. The first-order chi connectivity index (χ1) is 13.6. The number of dihydropyridines is 1. The molecule has 0 amide bonds. The van der Waals surface area contributed by atoms with Gasteiger partial charge in [0.1, 0.15) is 0 Å². The van der Waals surface area contributed by atoms with Crippen molar-refractivity contribution in [3.8, 4) is 6.07 Å². The molecule has 0 bridgehead atoms. The SMILES string of the molecule is CCOC(=O)C1=C(C)NC(SCc2ccccc2Cl)=C(C#N)[C@H]1c1cccs1. The van der Waals surface area contributed by atoms with Crippen LogP contribution in [0.3, 0.4) is 0 Å². The van der Waals surface area contributed by atoms with Crippen LogP contribution in [0.4, 0.5) is 0 Å². The molecule has 1 atom stereocenters. The van der Waals surface area contributed by atoms with E-state index >= 15 is 0 Å². The first-order valence-electron chi connectivity index (χ1n) is 8.75. The molecule has 4 nitrogen and oxygen atoms in total. The molecule has 0 radical (unpaired) electrons. The molecule has 1 N–H and O–H groups in total. The fourth-order valence-electron chi connectivity index (χ4n) is 3.01. The summed E-state index contributed by atoms with van der Waals surface area (Å²) in [5.74, 6) is -0.209. The van der Waals surface area contributed by atoms with E-state index in [4.69, 9.17) is 16.3 Å². The molecule has 0 saturated heterocycles. The third-order valence-electron chi connectivity index (χ3n) is 4.30. The summed E-state index contributed by atoms with van der Waals surface area (Å²) in [4.78, 5) is 13.6. The molecule has 0 spiro atoms. The van der Waals surface area contributed by atoms with Crippen LogP contribution < -0.4 is 5.32 Å². The Labute approximate surface area is 177 Å². The van der Waals surface area contributed by atoms with Gasteiger partial charge in [-0.3, -0.25) is 0 Å². The Morgan fingerprint density at radius 1 is 1.36 bits per heavy atom. The largest absolute Gasteiger partial charge is 0.463 e. The van der Waals surface area contributed by atoms with Crippen molar-refractivity contribution in [3.63, 3.8) is 0 Å². The fourth-order valence-corrected chi connectivity index (χ4v) is 5.23. The van der Waals surface area contributed by atoms with Crippen molar-refractivity contribution >= 4 is 40.7 Å². The summed E-state index contributed by atoms with van der Waals surface area (Å²) in [6.07, 6.45) is 0. The first kappa shape index (κ1) is 20.5. The number of rotatable bonds is 6. The van der Waals surface area contributed by atoms with Gasteiger partial charge in [-0.25, -0.2) is 4.79 Å². The number of ether oxygens (including phenoxy) is 1. The van der Waals surface area contributed by atoms with Gasteiger partial charge in [-0.15, -0.1) is 23.1 Å². The van der Waals surface area contributed by atoms with Crippen LogP contribution in [0.1, 0.15) is 30.2 Å². The lowest BCUT2D eigenvalue weighted by Gasteiger charge is -2.28. The molecule has 2 aromatic rings. The lowest BCUT2D eigenvalue weighted by molar-refractivity contribution is -0.138. The van der Waals surface area contributed by atoms with Gasteiger partial charge in [-0.1, -0.05) is 35.9 Å². The average Bonchev–Trinajstić information content (AvgIpc) is 3.21. The second-order valence-electron chi connectivity index (χ2n) is 6.07. The maximum absolute atomic E-state index is 12.6. The molecule has 1 aliphatic rings. The van der Waals surface area contributed by atoms with E-state index in [1.807, 2.05) is 48.7 Å². The van der Waals surface area contributed by atoms with Gasteiger partial charge in [0.05, 0.1) is 34.8 Å². The monoisotopic (exact) mass is 430 g/mol. The van der Waals surface area contributed by atoms with E-state index in [-0.39, 0.29) is 6.61 Å². The predicted octanol–water partition coefficient (Wildman–Crippen LogP) is 5.59. The summed E-state index contributed by atoms with van der Waals surface area (Å²) in [5.41, 5.74) is 2.71. The van der Waals surface area contributed by atoms with Gasteiger partial charge >= 0.3 is 5.97 Å². The minimum Gasteiger partial charge on any atom is -0.463 e. The van der Waals surface area contributed by atoms with Gasteiger partial charge in [-0.2, -0.15) is 5.26 Å². The summed E-state index contributed by atoms with van der Waals surface area (Å²) in [6, 6.07) is 13.8. The Hall–Kier alpha value is -2.20. The summed E-state index contributed by atoms with van der Waals surface area (Å²) in [5, 5.41) is 16.6. The minimum absolute atomic E-state index is 0.284. The quantitative estimate of drug-likeness (QED) is 0.605. The Bertz CT molecular complexity index is 975. The summed E-state index contributed by atoms with van der Waals surface area (Å²) in [6.45, 7) is 3.90. The number of hydrogen-bond donors (Lipinski definition) is 1. The molecule has 144 valence electrons. The molecule has 0 saturated carbocycles. The number of thioether (sulfide) groups is 1. The van der Waals surface area contributed by atoms with Crippen molar-refractivity contribution in [3.05, 3.63) is 79.1 Å². The maximum atomic E-state index is 12.6. The topological polar surface area (TPSA) is 62.1 Å². The van der Waals surface area contributed by atoms with Crippen LogP contribution in [0, 0.1) is 11.3 Å². The zero-order valence-corrected chi connectivity index (χ0v) is 17.9. The van der Waals surface area contributed by atoms with Crippen molar-refractivity contribution in [1.82, 2.24) is 5.32 Å². The molecular formula is C21H19ClN2O2S2. The molecule has 28 heavy (non-hydrogen) atoms. The first-order valence-corrected chi connectivity index (χ1v) is 11.0. The number of halogens is 1. The van der Waals surface area contributed by atoms with Crippen molar-refractivity contribution in [1.29, 1.82) is 5.26 Å². The number of carbonyl (C=O) groups is 1. The molecule has 2 heterocycles. The van der Waals surface area contributed by atoms with Crippen LogP contribution in [0.5, 0.6) is 0 Å². The Morgan fingerprint density at radius 3 is 2.79 bits per heavy atom. The van der Waals surface area contributed by atoms with Crippen LogP contribution in [0.2, 0.25) is 5.02 Å². The van der Waals surface area contributed by atoms with Crippen LogP contribution >= 0.6 is 34.7 Å². The van der Waals surface area contributed by atoms with Gasteiger partial charge in [0, 0.05) is 21.3 Å². The molecule has 7 heteroatoms. The number of thiophene rings is 1. The van der Waals surface area contributed by atoms with E-state index in [1.54, 1.807) is 6.92 Å². The number of carbonyl (C=O) groups excluding carboxylic acids is 1. The van der Waals surface area contributed by atoms with Gasteiger partial charge in [0.15, 0.2) is 0 Å². The third kappa shape index (κ3) is 4.27. The van der Waals surface area contributed by atoms with Gasteiger partial charge in [0.25, 0.3) is 0 Å². The molecule has 1 aromatic carbocycles. The van der Waals surface area contributed by atoms with E-state index in [1.165, 1.54) is 23.1 Å². The highest BCUT2D eigenvalue weighted by molar-refractivity contribution is 8.02. The molecule has 1 aliphatic heterocycles. The molecule has 0 fully saturated rings. The van der Waals surface area contributed by atoms with Crippen molar-refractivity contribution in [2.75, 3.05) is 6.61 Å². The molecule has 1 aromatic heterocycles. The van der Waals surface area contributed by atoms with E-state index in [2.05, 4.69) is 11.4 Å². The summed E-state index contributed by atoms with van der Waals surface area (Å²) >= 11 is 9.30. The van der Waals surface area contributed by atoms with E-state index in [0.717, 1.165) is 15.5 Å². The number of nitriles is 1. The van der Waals surface area contributed by atoms with E-state index in [0.29, 0.717) is 27.6 Å². The molecule has 3 rings (SSSR count). The van der Waals surface area contributed by atoms with E-state index < -0.39 is 11.9 Å². The Morgan fingerprint density at radius 2 is 2.14 bits per heavy atom. The number of hydrogen-bond acceptors (Lipinski definition) is 6. The van der Waals surface area contributed by atoms with Gasteiger partial charge < -0.3 is 10.1 Å². The molecule has 0 unspecified atom stereocenters. The highest BCUT2D eigenvalue weighted by atomic mass is 35.5. The smallest absolute Gasteiger partial charge is 0.336 e. The van der Waals surface area contributed by atoms with Crippen molar-refractivity contribution in [2.45, 2.75) is 25.5 Å². The van der Waals surface area contributed by atoms with Crippen LogP contribution in [0.25, 0.3) is 0 Å². The lowest BCUT2D eigenvalue weighted by Crippen LogP contribution is -2.28. The highest BCUT2D eigenvalue weighted by Gasteiger charge is 2.36. The van der Waals surface area contributed by atoms with E-state index in [9.17, 15) is 10.1 Å². The lowest BCUT2D eigenvalue weighted by atomic mass is 9.87. The number of nitrogens with zero attached hydrogens (tertiary/aromatic N) is 1. The zero-order chi connectivity index (χ0) is 20.1. The van der Waals surface area contributed by atoms with Crippen LogP contribution in [0.15, 0.2) is 63.7 Å². The van der Waals surface area contributed by atoms with Crippen molar-refractivity contribution < 1.29 is 9.53 Å². The number of allylic oxidation sites excluding steroid dienone is 2. The number of nitrogens with one attached hydrogen (secondary N) is 1. The van der Waals surface area contributed by atoms with Crippen molar-refractivity contribution in [2.24, 2.45) is 0 Å². The maximum Gasteiger partial charge on any atom is 0.336 e. The second kappa shape index (κ2) is 9.33. The molecular weight excluding hydrogens is 412 g/mol. The Balaban J connectivity index is 1.98. The zero-order valence-electron chi connectivity index (χ0n) is 15.5. The highest BCUT2D eigenvalue weighted by Crippen LogP contribution is 2.43. The fraction of sp³-hybridized carbons (Fsp3) is 0.238. The average molecular weight is 431 g/mol. The van der Waals surface area contributed by atoms with Crippen LogP contribution in [-0.2, 0) is 15.3 Å². The second-order valence-corrected chi connectivity index (χ2v) is 8.44. The normalized spacial score (nSPS) is 16.6. The third-order valence-corrected chi connectivity index (χ3v) is 6.67. The Kier molecular flexibility index (Phi) is 6.84. The molecule has 0 aliphatic carbocycles.